The van der Waals surface area contributed by atoms with E-state index in [1.807, 2.05) is 6.08 Å². The van der Waals surface area contributed by atoms with Crippen molar-refractivity contribution >= 4 is 8.07 Å². The van der Waals surface area contributed by atoms with E-state index >= 15 is 0 Å². The summed E-state index contributed by atoms with van der Waals surface area (Å²) < 4.78 is 0. The maximum absolute atomic E-state index is 8.83. The lowest BCUT2D eigenvalue weighted by molar-refractivity contribution is 0.342. The van der Waals surface area contributed by atoms with Crippen molar-refractivity contribution in [3.63, 3.8) is 0 Å². The molecule has 0 aliphatic heterocycles. The van der Waals surface area contributed by atoms with E-state index in [1.54, 1.807) is 6.08 Å². The molecule has 0 fully saturated rings. The summed E-state index contributed by atoms with van der Waals surface area (Å²) in [7, 11) is -1.35. The molecule has 0 unspecified atom stereocenters. The molecule has 0 amide bonds. The van der Waals surface area contributed by atoms with Gasteiger partial charge in [0, 0.05) is 5.57 Å². The zero-order valence-electron chi connectivity index (χ0n) is 13.8. The molecule has 0 bridgehead atoms. The van der Waals surface area contributed by atoms with E-state index < -0.39 is 8.07 Å². The summed E-state index contributed by atoms with van der Waals surface area (Å²) in [6, 6.07) is 3.76. The predicted molar refractivity (Wildman–Crippen MR) is 93.4 cm³/mol. The van der Waals surface area contributed by atoms with Gasteiger partial charge in [0.2, 0.25) is 0 Å². The summed E-state index contributed by atoms with van der Waals surface area (Å²) >= 11 is 0. The fourth-order valence-corrected chi connectivity index (χ4v) is 4.63. The predicted octanol–water partition coefficient (Wildman–Crippen LogP) is 5.09. The van der Waals surface area contributed by atoms with Crippen molar-refractivity contribution in [1.29, 1.82) is 0 Å². The van der Waals surface area contributed by atoms with Gasteiger partial charge in [0.05, 0.1) is 6.61 Å². The van der Waals surface area contributed by atoms with Crippen LogP contribution in [0.1, 0.15) is 53.4 Å². The van der Waals surface area contributed by atoms with Gasteiger partial charge < -0.3 is 5.11 Å². The second-order valence-electron chi connectivity index (χ2n) is 5.32. The van der Waals surface area contributed by atoms with Crippen LogP contribution in [0.15, 0.2) is 23.8 Å². The first-order valence-electron chi connectivity index (χ1n) is 8.16. The second kappa shape index (κ2) is 12.0. The Morgan fingerprint density at radius 3 is 2.20 bits per heavy atom. The van der Waals surface area contributed by atoms with Crippen LogP contribution in [0.4, 0.5) is 0 Å². The SMILES string of the molecule is CCCC/C=C(\C#C[Si](CC)(CC)CC)C/C=C/CO. The van der Waals surface area contributed by atoms with Crippen molar-refractivity contribution in [1.82, 2.24) is 0 Å². The molecule has 0 aromatic carbocycles. The van der Waals surface area contributed by atoms with Crippen LogP contribution in [0.5, 0.6) is 0 Å². The number of aliphatic hydroxyl groups excluding tert-OH is 1. The highest BCUT2D eigenvalue weighted by atomic mass is 28.3. The molecule has 0 saturated carbocycles. The van der Waals surface area contributed by atoms with Crippen LogP contribution in [-0.4, -0.2) is 19.8 Å². The van der Waals surface area contributed by atoms with Gasteiger partial charge >= 0.3 is 0 Å². The summed E-state index contributed by atoms with van der Waals surface area (Å²) in [5.41, 5.74) is 4.89. The van der Waals surface area contributed by atoms with Crippen molar-refractivity contribution in [2.75, 3.05) is 6.61 Å². The van der Waals surface area contributed by atoms with Gasteiger partial charge in [0.15, 0.2) is 0 Å². The van der Waals surface area contributed by atoms with Crippen LogP contribution in [0.25, 0.3) is 0 Å². The van der Waals surface area contributed by atoms with Crippen LogP contribution >= 0.6 is 0 Å². The summed E-state index contributed by atoms with van der Waals surface area (Å²) in [6.07, 6.45) is 10.6. The molecule has 0 saturated heterocycles. The van der Waals surface area contributed by atoms with E-state index in [4.69, 9.17) is 5.11 Å². The Bertz CT molecular complexity index is 345. The Labute approximate surface area is 127 Å². The van der Waals surface area contributed by atoms with E-state index in [0.717, 1.165) is 12.8 Å². The van der Waals surface area contributed by atoms with Crippen molar-refractivity contribution in [2.45, 2.75) is 71.5 Å². The Balaban J connectivity index is 4.95. The molecule has 114 valence electrons. The van der Waals surface area contributed by atoms with Gasteiger partial charge in [-0.2, -0.15) is 0 Å². The smallest absolute Gasteiger partial charge is 0.138 e. The molecule has 0 aliphatic rings. The maximum Gasteiger partial charge on any atom is 0.138 e. The fourth-order valence-electron chi connectivity index (χ4n) is 2.18. The summed E-state index contributed by atoms with van der Waals surface area (Å²) in [5, 5.41) is 8.83. The van der Waals surface area contributed by atoms with Gasteiger partial charge in [-0.3, -0.25) is 0 Å². The summed E-state index contributed by atoms with van der Waals surface area (Å²) in [4.78, 5) is 0. The number of aliphatic hydroxyl groups is 1. The quantitative estimate of drug-likeness (QED) is 0.271. The zero-order chi connectivity index (χ0) is 15.3. The molecule has 0 heterocycles. The molecule has 0 spiro atoms. The van der Waals surface area contributed by atoms with E-state index in [9.17, 15) is 0 Å². The third-order valence-corrected chi connectivity index (χ3v) is 8.79. The number of allylic oxidation sites excluding steroid dienone is 3. The lowest BCUT2D eigenvalue weighted by Gasteiger charge is -2.20. The second-order valence-corrected chi connectivity index (χ2v) is 10.3. The van der Waals surface area contributed by atoms with E-state index in [-0.39, 0.29) is 6.61 Å². The average molecular weight is 293 g/mol. The molecular weight excluding hydrogens is 260 g/mol. The van der Waals surface area contributed by atoms with Crippen LogP contribution < -0.4 is 0 Å². The van der Waals surface area contributed by atoms with E-state index in [0.29, 0.717) is 0 Å². The highest BCUT2D eigenvalue weighted by molar-refractivity contribution is 6.87. The number of hydrogen-bond acceptors (Lipinski definition) is 1. The molecule has 0 aromatic rings. The van der Waals surface area contributed by atoms with Gasteiger partial charge in [-0.1, -0.05) is 64.7 Å². The summed E-state index contributed by atoms with van der Waals surface area (Å²) in [5.74, 6) is 3.47. The van der Waals surface area contributed by atoms with Crippen LogP contribution in [0.2, 0.25) is 18.1 Å². The lowest BCUT2D eigenvalue weighted by atomic mass is 10.1. The summed E-state index contributed by atoms with van der Waals surface area (Å²) in [6.45, 7) is 9.21. The van der Waals surface area contributed by atoms with Gasteiger partial charge in [-0.25, -0.2) is 0 Å². The molecule has 1 N–H and O–H groups in total. The molecule has 0 atom stereocenters. The number of unbranched alkanes of at least 4 members (excludes halogenated alkanes) is 2. The molecule has 0 aliphatic carbocycles. The lowest BCUT2D eigenvalue weighted by Crippen LogP contribution is -2.29. The minimum Gasteiger partial charge on any atom is -0.392 e. The maximum atomic E-state index is 8.83. The fraction of sp³-hybridized carbons (Fsp3) is 0.667. The highest BCUT2D eigenvalue weighted by Gasteiger charge is 2.24. The monoisotopic (exact) mass is 292 g/mol. The van der Waals surface area contributed by atoms with Gasteiger partial charge in [-0.05, 0) is 31.0 Å². The Hall–Kier alpha value is -0.783. The third kappa shape index (κ3) is 7.72. The van der Waals surface area contributed by atoms with Crippen LogP contribution in [-0.2, 0) is 0 Å². The Morgan fingerprint density at radius 2 is 1.70 bits per heavy atom. The first-order valence-corrected chi connectivity index (χ1v) is 10.8. The largest absolute Gasteiger partial charge is 0.392 e. The van der Waals surface area contributed by atoms with Gasteiger partial charge in [0.25, 0.3) is 0 Å². The van der Waals surface area contributed by atoms with E-state index in [1.165, 1.54) is 36.5 Å². The van der Waals surface area contributed by atoms with Gasteiger partial charge in [0.1, 0.15) is 8.07 Å². The normalized spacial score (nSPS) is 12.6. The zero-order valence-corrected chi connectivity index (χ0v) is 14.8. The van der Waals surface area contributed by atoms with Crippen molar-refractivity contribution < 1.29 is 5.11 Å². The number of rotatable bonds is 9. The number of hydrogen-bond donors (Lipinski definition) is 1. The van der Waals surface area contributed by atoms with Crippen molar-refractivity contribution in [3.05, 3.63) is 23.8 Å². The Morgan fingerprint density at radius 1 is 1.05 bits per heavy atom. The average Bonchev–Trinajstić information content (AvgIpc) is 2.49. The first kappa shape index (κ1) is 19.2. The molecule has 2 heteroatoms. The van der Waals surface area contributed by atoms with Gasteiger partial charge in [-0.15, -0.1) is 5.54 Å². The van der Waals surface area contributed by atoms with Crippen molar-refractivity contribution in [3.8, 4) is 11.5 Å². The van der Waals surface area contributed by atoms with Crippen molar-refractivity contribution in [2.24, 2.45) is 0 Å². The van der Waals surface area contributed by atoms with E-state index in [2.05, 4.69) is 45.2 Å². The molecule has 1 nitrogen and oxygen atoms in total. The first-order chi connectivity index (χ1) is 9.67. The molecule has 0 aromatic heterocycles. The molecule has 0 radical (unpaired) electrons. The topological polar surface area (TPSA) is 20.2 Å². The molecule has 20 heavy (non-hydrogen) atoms. The minimum absolute atomic E-state index is 0.118. The highest BCUT2D eigenvalue weighted by Crippen LogP contribution is 2.19. The van der Waals surface area contributed by atoms with Crippen LogP contribution in [0, 0.1) is 11.5 Å². The van der Waals surface area contributed by atoms with Crippen LogP contribution in [0.3, 0.4) is 0 Å². The minimum atomic E-state index is -1.35. The standard InChI is InChI=1S/C18H32OSi/c1-5-9-10-13-18(14-11-12-16-19)15-17-20(6-2,7-3)8-4/h11-13,19H,5-10,14,16H2,1-4H3/b12-11+,18-13-. The Kier molecular flexibility index (Phi) is 11.5. The third-order valence-electron chi connectivity index (χ3n) is 4.08. The molecular formula is C18H32OSi. The molecule has 0 rings (SSSR count).